The second kappa shape index (κ2) is 4.16. The van der Waals surface area contributed by atoms with E-state index in [0.717, 1.165) is 4.88 Å². The fourth-order valence-electron chi connectivity index (χ4n) is 1.28. The molecule has 1 aromatic carbocycles. The standard InChI is InChI=1S/C10H8ClFN2S/c11-8-3-1-2-6(9(8)12)4-7-5-14-10(13)15-7/h1-3,5H,4H2,(H2,13,14). The first kappa shape index (κ1) is 10.4. The summed E-state index contributed by atoms with van der Waals surface area (Å²) in [5.74, 6) is -0.369. The summed E-state index contributed by atoms with van der Waals surface area (Å²) in [7, 11) is 0. The highest BCUT2D eigenvalue weighted by Crippen LogP contribution is 2.23. The maximum Gasteiger partial charge on any atom is 0.180 e. The van der Waals surface area contributed by atoms with Crippen molar-refractivity contribution < 1.29 is 4.39 Å². The number of halogens is 2. The molecule has 0 saturated carbocycles. The van der Waals surface area contributed by atoms with Crippen molar-refractivity contribution in [1.82, 2.24) is 4.98 Å². The van der Waals surface area contributed by atoms with Gasteiger partial charge in [-0.1, -0.05) is 23.7 Å². The van der Waals surface area contributed by atoms with E-state index in [1.807, 2.05) is 0 Å². The lowest BCUT2D eigenvalue weighted by molar-refractivity contribution is 0.615. The molecular weight excluding hydrogens is 235 g/mol. The fraction of sp³-hybridized carbons (Fsp3) is 0.100. The van der Waals surface area contributed by atoms with Crippen LogP contribution >= 0.6 is 22.9 Å². The molecule has 0 fully saturated rings. The van der Waals surface area contributed by atoms with E-state index in [0.29, 0.717) is 17.1 Å². The minimum Gasteiger partial charge on any atom is -0.375 e. The van der Waals surface area contributed by atoms with Crippen LogP contribution in [0.1, 0.15) is 10.4 Å². The Morgan fingerprint density at radius 1 is 1.47 bits per heavy atom. The van der Waals surface area contributed by atoms with Crippen molar-refractivity contribution in [2.45, 2.75) is 6.42 Å². The van der Waals surface area contributed by atoms with E-state index in [2.05, 4.69) is 4.98 Å². The lowest BCUT2D eigenvalue weighted by Gasteiger charge is -2.01. The molecule has 0 aliphatic heterocycles. The summed E-state index contributed by atoms with van der Waals surface area (Å²) in [6.45, 7) is 0. The number of aromatic nitrogens is 1. The highest BCUT2D eigenvalue weighted by atomic mass is 35.5. The van der Waals surface area contributed by atoms with Gasteiger partial charge in [-0.05, 0) is 11.6 Å². The van der Waals surface area contributed by atoms with Gasteiger partial charge in [0.1, 0.15) is 5.82 Å². The van der Waals surface area contributed by atoms with Gasteiger partial charge in [-0.25, -0.2) is 9.37 Å². The quantitative estimate of drug-likeness (QED) is 0.879. The zero-order valence-electron chi connectivity index (χ0n) is 7.71. The van der Waals surface area contributed by atoms with Crippen LogP contribution in [0, 0.1) is 5.82 Å². The predicted octanol–water partition coefficient (Wildman–Crippen LogP) is 3.11. The van der Waals surface area contributed by atoms with Crippen molar-refractivity contribution in [3.05, 3.63) is 45.7 Å². The smallest absolute Gasteiger partial charge is 0.180 e. The van der Waals surface area contributed by atoms with Crippen molar-refractivity contribution >= 4 is 28.1 Å². The van der Waals surface area contributed by atoms with Crippen LogP contribution in [0.5, 0.6) is 0 Å². The predicted molar refractivity (Wildman–Crippen MR) is 60.7 cm³/mol. The van der Waals surface area contributed by atoms with Crippen LogP contribution in [0.3, 0.4) is 0 Å². The molecular formula is C10H8ClFN2S. The number of anilines is 1. The molecule has 0 spiro atoms. The minimum absolute atomic E-state index is 0.144. The van der Waals surface area contributed by atoms with Crippen molar-refractivity contribution in [3.63, 3.8) is 0 Å². The number of rotatable bonds is 2. The molecule has 5 heteroatoms. The normalized spacial score (nSPS) is 10.5. The van der Waals surface area contributed by atoms with Gasteiger partial charge in [0.25, 0.3) is 0 Å². The summed E-state index contributed by atoms with van der Waals surface area (Å²) in [4.78, 5) is 4.83. The van der Waals surface area contributed by atoms with E-state index < -0.39 is 0 Å². The number of benzene rings is 1. The van der Waals surface area contributed by atoms with E-state index >= 15 is 0 Å². The first-order chi connectivity index (χ1) is 7.16. The van der Waals surface area contributed by atoms with Crippen LogP contribution in [0.2, 0.25) is 5.02 Å². The van der Waals surface area contributed by atoms with Crippen molar-refractivity contribution in [2.75, 3.05) is 5.73 Å². The summed E-state index contributed by atoms with van der Waals surface area (Å²) in [6, 6.07) is 4.96. The third-order valence-corrected chi connectivity index (χ3v) is 3.09. The fourth-order valence-corrected chi connectivity index (χ4v) is 2.18. The third kappa shape index (κ3) is 2.27. The molecule has 0 atom stereocenters. The van der Waals surface area contributed by atoms with E-state index in [1.54, 1.807) is 18.3 Å². The van der Waals surface area contributed by atoms with Crippen LogP contribution < -0.4 is 5.73 Å². The molecule has 0 aliphatic rings. The molecule has 0 saturated heterocycles. The molecule has 0 unspecified atom stereocenters. The summed E-state index contributed by atoms with van der Waals surface area (Å²) in [5, 5.41) is 0.637. The van der Waals surface area contributed by atoms with Crippen LogP contribution in [0.15, 0.2) is 24.4 Å². The highest BCUT2D eigenvalue weighted by molar-refractivity contribution is 7.15. The van der Waals surface area contributed by atoms with Crippen molar-refractivity contribution in [3.8, 4) is 0 Å². The number of nitrogens with zero attached hydrogens (tertiary/aromatic N) is 1. The second-order valence-electron chi connectivity index (χ2n) is 3.05. The van der Waals surface area contributed by atoms with Gasteiger partial charge in [0, 0.05) is 17.5 Å². The number of nitrogen functional groups attached to an aromatic ring is 1. The highest BCUT2D eigenvalue weighted by Gasteiger charge is 2.08. The molecule has 2 aromatic rings. The molecule has 0 amide bonds. The van der Waals surface area contributed by atoms with Crippen LogP contribution in [-0.2, 0) is 6.42 Å². The van der Waals surface area contributed by atoms with Gasteiger partial charge in [0.15, 0.2) is 5.13 Å². The van der Waals surface area contributed by atoms with E-state index in [1.165, 1.54) is 17.4 Å². The van der Waals surface area contributed by atoms with E-state index in [-0.39, 0.29) is 10.8 Å². The molecule has 0 radical (unpaired) electrons. The summed E-state index contributed by atoms with van der Waals surface area (Å²) in [6.07, 6.45) is 2.13. The Labute approximate surface area is 95.5 Å². The summed E-state index contributed by atoms with van der Waals surface area (Å²) < 4.78 is 13.5. The van der Waals surface area contributed by atoms with Gasteiger partial charge in [0.2, 0.25) is 0 Å². The van der Waals surface area contributed by atoms with Gasteiger partial charge in [-0.15, -0.1) is 11.3 Å². The van der Waals surface area contributed by atoms with Crippen LogP contribution in [-0.4, -0.2) is 4.98 Å². The number of thiazole rings is 1. The molecule has 2 nitrogen and oxygen atoms in total. The molecule has 15 heavy (non-hydrogen) atoms. The maximum absolute atomic E-state index is 13.5. The van der Waals surface area contributed by atoms with Gasteiger partial charge in [0.05, 0.1) is 5.02 Å². The first-order valence-corrected chi connectivity index (χ1v) is 5.49. The Morgan fingerprint density at radius 2 is 2.27 bits per heavy atom. The molecule has 78 valence electrons. The Morgan fingerprint density at radius 3 is 2.93 bits per heavy atom. The van der Waals surface area contributed by atoms with Crippen LogP contribution in [0.4, 0.5) is 9.52 Å². The van der Waals surface area contributed by atoms with Gasteiger partial charge in [-0.3, -0.25) is 0 Å². The molecule has 0 bridgehead atoms. The zero-order chi connectivity index (χ0) is 10.8. The monoisotopic (exact) mass is 242 g/mol. The number of hydrogen-bond acceptors (Lipinski definition) is 3. The first-order valence-electron chi connectivity index (χ1n) is 4.30. The minimum atomic E-state index is -0.369. The second-order valence-corrected chi connectivity index (χ2v) is 4.61. The summed E-state index contributed by atoms with van der Waals surface area (Å²) >= 11 is 7.03. The van der Waals surface area contributed by atoms with E-state index in [4.69, 9.17) is 17.3 Å². The lowest BCUT2D eigenvalue weighted by atomic mass is 10.1. The third-order valence-electron chi connectivity index (χ3n) is 1.97. The van der Waals surface area contributed by atoms with Crippen molar-refractivity contribution in [2.24, 2.45) is 0 Å². The Kier molecular flexibility index (Phi) is 2.88. The molecule has 2 rings (SSSR count). The Hall–Kier alpha value is -1.13. The Balaban J connectivity index is 2.28. The molecule has 0 aliphatic carbocycles. The SMILES string of the molecule is Nc1ncc(Cc2cccc(Cl)c2F)s1. The Bertz CT molecular complexity index is 484. The van der Waals surface area contributed by atoms with Gasteiger partial charge >= 0.3 is 0 Å². The van der Waals surface area contributed by atoms with Gasteiger partial charge < -0.3 is 5.73 Å². The lowest BCUT2D eigenvalue weighted by Crippen LogP contribution is -1.90. The number of nitrogens with two attached hydrogens (primary N) is 1. The topological polar surface area (TPSA) is 38.9 Å². The summed E-state index contributed by atoms with van der Waals surface area (Å²) in [5.41, 5.74) is 6.05. The largest absolute Gasteiger partial charge is 0.375 e. The van der Waals surface area contributed by atoms with E-state index in [9.17, 15) is 4.39 Å². The number of hydrogen-bond donors (Lipinski definition) is 1. The van der Waals surface area contributed by atoms with Crippen LogP contribution in [0.25, 0.3) is 0 Å². The average Bonchev–Trinajstić information content (AvgIpc) is 2.59. The molecule has 1 aromatic heterocycles. The molecule has 1 heterocycles. The maximum atomic E-state index is 13.5. The zero-order valence-corrected chi connectivity index (χ0v) is 9.28. The van der Waals surface area contributed by atoms with Gasteiger partial charge in [-0.2, -0.15) is 0 Å². The molecule has 2 N–H and O–H groups in total. The van der Waals surface area contributed by atoms with Crippen molar-refractivity contribution in [1.29, 1.82) is 0 Å². The average molecular weight is 243 g/mol.